The maximum absolute atomic E-state index is 11.2. The average Bonchev–Trinajstić information content (AvgIpc) is 2.88. The predicted molar refractivity (Wildman–Crippen MR) is 85.5 cm³/mol. The molecule has 1 aliphatic carbocycles. The maximum atomic E-state index is 11.2. The Morgan fingerprint density at radius 2 is 2.23 bits per heavy atom. The molecule has 5 heteroatoms. The van der Waals surface area contributed by atoms with Gasteiger partial charge in [0.2, 0.25) is 0 Å². The van der Waals surface area contributed by atoms with E-state index in [1.165, 1.54) is 19.3 Å². The van der Waals surface area contributed by atoms with Gasteiger partial charge in [-0.25, -0.2) is 0 Å². The quantitative estimate of drug-likeness (QED) is 0.870. The van der Waals surface area contributed by atoms with E-state index in [1.54, 1.807) is 0 Å². The Hall–Kier alpha value is -1.26. The van der Waals surface area contributed by atoms with Gasteiger partial charge in [-0.2, -0.15) is 0 Å². The molecule has 22 heavy (non-hydrogen) atoms. The molecule has 2 atom stereocenters. The van der Waals surface area contributed by atoms with Gasteiger partial charge in [-0.15, -0.1) is 0 Å². The number of rotatable bonds is 5. The molecule has 1 saturated heterocycles. The van der Waals surface area contributed by atoms with Gasteiger partial charge in [0.25, 0.3) is 0 Å². The van der Waals surface area contributed by atoms with Crippen LogP contribution in [0, 0.1) is 18.8 Å². The van der Waals surface area contributed by atoms with E-state index in [4.69, 9.17) is 16.3 Å². The normalized spacial score (nSPS) is 25.0. The summed E-state index contributed by atoms with van der Waals surface area (Å²) in [6.07, 6.45) is 4.31. The fourth-order valence-electron chi connectivity index (χ4n) is 3.19. The van der Waals surface area contributed by atoms with Crippen LogP contribution in [0.1, 0.15) is 42.9 Å². The van der Waals surface area contributed by atoms with Crippen LogP contribution in [-0.2, 0) is 4.79 Å². The van der Waals surface area contributed by atoms with Crippen molar-refractivity contribution in [3.05, 3.63) is 28.3 Å². The first-order chi connectivity index (χ1) is 10.5. The van der Waals surface area contributed by atoms with Crippen LogP contribution >= 0.6 is 11.6 Å². The Labute approximate surface area is 135 Å². The molecule has 120 valence electrons. The highest BCUT2D eigenvalue weighted by molar-refractivity contribution is 6.32. The third-order valence-corrected chi connectivity index (χ3v) is 5.04. The molecule has 0 radical (unpaired) electrons. The average molecular weight is 324 g/mol. The molecule has 3 rings (SSSR count). The largest absolute Gasteiger partial charge is 0.491 e. The van der Waals surface area contributed by atoms with Gasteiger partial charge in [0, 0.05) is 18.2 Å². The van der Waals surface area contributed by atoms with Crippen molar-refractivity contribution in [2.75, 3.05) is 13.2 Å². The highest BCUT2D eigenvalue weighted by atomic mass is 35.5. The van der Waals surface area contributed by atoms with E-state index in [1.807, 2.05) is 13.0 Å². The fourth-order valence-corrected chi connectivity index (χ4v) is 3.52. The zero-order chi connectivity index (χ0) is 15.7. The lowest BCUT2D eigenvalue weighted by Crippen LogP contribution is -2.21. The van der Waals surface area contributed by atoms with E-state index in [0.717, 1.165) is 16.9 Å². The van der Waals surface area contributed by atoms with Crippen LogP contribution in [-0.4, -0.2) is 24.2 Å². The van der Waals surface area contributed by atoms with Gasteiger partial charge in [-0.05, 0) is 43.7 Å². The summed E-state index contributed by atoms with van der Waals surface area (Å²) in [6, 6.07) is 3.96. The Morgan fingerprint density at radius 1 is 1.45 bits per heavy atom. The summed E-state index contributed by atoms with van der Waals surface area (Å²) in [7, 11) is 0. The topological polar surface area (TPSA) is 58.6 Å². The molecule has 2 fully saturated rings. The molecule has 1 aromatic carbocycles. The lowest BCUT2D eigenvalue weighted by atomic mass is 9.86. The van der Waals surface area contributed by atoms with Crippen molar-refractivity contribution in [1.29, 1.82) is 0 Å². The first-order valence-electron chi connectivity index (χ1n) is 7.93. The van der Waals surface area contributed by atoms with E-state index in [2.05, 4.69) is 11.4 Å². The number of carboxylic acids is 1. The minimum atomic E-state index is -0.745. The molecule has 2 N–H and O–H groups in total. The van der Waals surface area contributed by atoms with Gasteiger partial charge < -0.3 is 15.2 Å². The van der Waals surface area contributed by atoms with Crippen molar-refractivity contribution in [2.24, 2.45) is 11.8 Å². The van der Waals surface area contributed by atoms with Crippen LogP contribution in [0.5, 0.6) is 5.75 Å². The number of hydrogen-bond donors (Lipinski definition) is 2. The molecular formula is C17H22ClNO3. The zero-order valence-corrected chi connectivity index (χ0v) is 13.5. The number of halogens is 1. The van der Waals surface area contributed by atoms with Gasteiger partial charge in [0.05, 0.1) is 17.5 Å². The first kappa shape index (κ1) is 15.6. The molecule has 4 nitrogen and oxygen atoms in total. The second-order valence-electron chi connectivity index (χ2n) is 6.50. The number of nitrogens with one attached hydrogen (secondary N) is 1. The summed E-state index contributed by atoms with van der Waals surface area (Å²) in [6.45, 7) is 3.19. The van der Waals surface area contributed by atoms with Crippen LogP contribution in [0.2, 0.25) is 5.02 Å². The van der Waals surface area contributed by atoms with Crippen molar-refractivity contribution in [2.45, 2.75) is 38.6 Å². The summed E-state index contributed by atoms with van der Waals surface area (Å²) < 4.78 is 6.02. The number of aliphatic carboxylic acids is 1. The van der Waals surface area contributed by atoms with Crippen molar-refractivity contribution >= 4 is 17.6 Å². The van der Waals surface area contributed by atoms with Crippen LogP contribution in [0.15, 0.2) is 12.1 Å². The molecule has 0 amide bonds. The summed E-state index contributed by atoms with van der Waals surface area (Å²) in [5.74, 6) is 0.269. The molecule has 1 aromatic rings. The first-order valence-corrected chi connectivity index (χ1v) is 8.31. The van der Waals surface area contributed by atoms with Crippen LogP contribution < -0.4 is 10.1 Å². The summed E-state index contributed by atoms with van der Waals surface area (Å²) >= 11 is 6.39. The molecule has 2 unspecified atom stereocenters. The molecule has 1 saturated carbocycles. The van der Waals surface area contributed by atoms with E-state index in [0.29, 0.717) is 30.5 Å². The number of aryl methyl sites for hydroxylation is 1. The highest BCUT2D eigenvalue weighted by Crippen LogP contribution is 2.39. The lowest BCUT2D eigenvalue weighted by Gasteiger charge is -2.27. The molecule has 1 aliphatic heterocycles. The summed E-state index contributed by atoms with van der Waals surface area (Å²) in [5, 5.41) is 13.1. The van der Waals surface area contributed by atoms with Gasteiger partial charge in [0.1, 0.15) is 5.75 Å². The van der Waals surface area contributed by atoms with Gasteiger partial charge in [-0.1, -0.05) is 24.1 Å². The number of carbonyl (C=O) groups is 1. The van der Waals surface area contributed by atoms with E-state index in [-0.39, 0.29) is 12.0 Å². The van der Waals surface area contributed by atoms with Gasteiger partial charge in [-0.3, -0.25) is 4.79 Å². The fraction of sp³-hybridized carbons (Fsp3) is 0.588. The lowest BCUT2D eigenvalue weighted by molar-refractivity contribution is -0.141. The predicted octanol–water partition coefficient (Wildman–Crippen LogP) is 3.56. The van der Waals surface area contributed by atoms with Crippen LogP contribution in [0.4, 0.5) is 0 Å². The summed E-state index contributed by atoms with van der Waals surface area (Å²) in [4.78, 5) is 11.2. The smallest absolute Gasteiger partial charge is 0.307 e. The molecule has 0 spiro atoms. The zero-order valence-electron chi connectivity index (χ0n) is 12.8. The van der Waals surface area contributed by atoms with E-state index < -0.39 is 5.97 Å². The van der Waals surface area contributed by atoms with Crippen LogP contribution in [0.3, 0.4) is 0 Å². The minimum Gasteiger partial charge on any atom is -0.491 e. The Balaban J connectivity index is 1.80. The second-order valence-corrected chi connectivity index (χ2v) is 6.91. The van der Waals surface area contributed by atoms with Crippen molar-refractivity contribution < 1.29 is 14.6 Å². The standard InChI is InChI=1S/C17H22ClNO3/c1-10-5-13(15-7-12(8-19-15)17(20)21)16(14(18)6-10)22-9-11-3-2-4-11/h5-6,11-12,15,19H,2-4,7-9H2,1H3,(H,20,21). The molecule has 0 aromatic heterocycles. The molecule has 1 heterocycles. The highest BCUT2D eigenvalue weighted by Gasteiger charge is 2.32. The summed E-state index contributed by atoms with van der Waals surface area (Å²) in [5.41, 5.74) is 2.06. The molecular weight excluding hydrogens is 302 g/mol. The SMILES string of the molecule is Cc1cc(Cl)c(OCC2CCC2)c(C2CC(C(=O)O)CN2)c1. The Morgan fingerprint density at radius 3 is 2.82 bits per heavy atom. The number of hydrogen-bond acceptors (Lipinski definition) is 3. The van der Waals surface area contributed by atoms with Crippen molar-refractivity contribution in [3.8, 4) is 5.75 Å². The van der Waals surface area contributed by atoms with Crippen molar-refractivity contribution in [3.63, 3.8) is 0 Å². The van der Waals surface area contributed by atoms with E-state index >= 15 is 0 Å². The monoisotopic (exact) mass is 323 g/mol. The molecule has 0 bridgehead atoms. The third kappa shape index (κ3) is 3.23. The van der Waals surface area contributed by atoms with Crippen molar-refractivity contribution in [1.82, 2.24) is 5.32 Å². The Kier molecular flexibility index (Phi) is 4.59. The third-order valence-electron chi connectivity index (χ3n) is 4.76. The van der Waals surface area contributed by atoms with E-state index in [9.17, 15) is 9.90 Å². The van der Waals surface area contributed by atoms with Crippen LogP contribution in [0.25, 0.3) is 0 Å². The second kappa shape index (κ2) is 6.47. The number of benzene rings is 1. The maximum Gasteiger partial charge on any atom is 0.307 e. The number of carboxylic acid groups (broad SMARTS) is 1. The molecule has 2 aliphatic rings. The number of ether oxygens (including phenoxy) is 1. The minimum absolute atomic E-state index is 0.00473. The van der Waals surface area contributed by atoms with Gasteiger partial charge >= 0.3 is 5.97 Å². The van der Waals surface area contributed by atoms with Gasteiger partial charge in [0.15, 0.2) is 0 Å². The Bertz CT molecular complexity index is 571.